The standard InChI is InChI=1S/C10H10ClN3O4/c11-9-8(14(17)18)7(1-2-12-9)10(16)13-3-6(4-13)5-15/h1-2,6,15H,3-5H2. The zero-order valence-electron chi connectivity index (χ0n) is 9.24. The van der Waals surface area contributed by atoms with E-state index in [0.717, 1.165) is 0 Å². The molecule has 96 valence electrons. The van der Waals surface area contributed by atoms with Gasteiger partial charge in [0.1, 0.15) is 5.56 Å². The maximum absolute atomic E-state index is 12.0. The van der Waals surface area contributed by atoms with E-state index < -0.39 is 16.5 Å². The summed E-state index contributed by atoms with van der Waals surface area (Å²) in [5.41, 5.74) is -0.548. The number of halogens is 1. The molecule has 1 aliphatic rings. The van der Waals surface area contributed by atoms with Crippen LogP contribution < -0.4 is 0 Å². The van der Waals surface area contributed by atoms with Crippen LogP contribution in [0.3, 0.4) is 0 Å². The molecular formula is C10H10ClN3O4. The summed E-state index contributed by atoms with van der Waals surface area (Å²) < 4.78 is 0. The number of hydrogen-bond acceptors (Lipinski definition) is 5. The second kappa shape index (κ2) is 4.87. The van der Waals surface area contributed by atoms with E-state index >= 15 is 0 Å². The fourth-order valence-electron chi connectivity index (χ4n) is 1.80. The van der Waals surface area contributed by atoms with Gasteiger partial charge in [-0.15, -0.1) is 0 Å². The lowest BCUT2D eigenvalue weighted by molar-refractivity contribution is -0.385. The lowest BCUT2D eigenvalue weighted by atomic mass is 10.00. The summed E-state index contributed by atoms with van der Waals surface area (Å²) in [4.78, 5) is 27.2. The first-order chi connectivity index (χ1) is 8.54. The van der Waals surface area contributed by atoms with Crippen LogP contribution in [0.5, 0.6) is 0 Å². The van der Waals surface area contributed by atoms with Crippen molar-refractivity contribution < 1.29 is 14.8 Å². The summed E-state index contributed by atoms with van der Waals surface area (Å²) in [5, 5.41) is 19.4. The summed E-state index contributed by atoms with van der Waals surface area (Å²) in [6.07, 6.45) is 1.26. The minimum absolute atomic E-state index is 0.00295. The number of carbonyl (C=O) groups is 1. The van der Waals surface area contributed by atoms with E-state index in [1.807, 2.05) is 0 Å². The van der Waals surface area contributed by atoms with E-state index in [2.05, 4.69) is 4.98 Å². The number of amides is 1. The first kappa shape index (κ1) is 12.7. The molecule has 0 unspecified atom stereocenters. The van der Waals surface area contributed by atoms with Gasteiger partial charge in [-0.25, -0.2) is 4.98 Å². The average Bonchev–Trinajstić information content (AvgIpc) is 2.26. The van der Waals surface area contributed by atoms with Gasteiger partial charge in [-0.3, -0.25) is 14.9 Å². The molecule has 1 amide bonds. The number of aliphatic hydroxyl groups is 1. The highest BCUT2D eigenvalue weighted by atomic mass is 35.5. The summed E-state index contributed by atoms with van der Waals surface area (Å²) in [6, 6.07) is 1.28. The molecule has 0 aliphatic carbocycles. The molecule has 0 atom stereocenters. The highest BCUT2D eigenvalue weighted by molar-refractivity contribution is 6.32. The third-order valence-corrected chi connectivity index (χ3v) is 3.07. The molecule has 1 fully saturated rings. The van der Waals surface area contributed by atoms with E-state index in [0.29, 0.717) is 13.1 Å². The monoisotopic (exact) mass is 271 g/mol. The number of rotatable bonds is 3. The maximum Gasteiger partial charge on any atom is 0.319 e. The second-order valence-corrected chi connectivity index (χ2v) is 4.37. The lowest BCUT2D eigenvalue weighted by Crippen LogP contribution is -2.51. The van der Waals surface area contributed by atoms with Gasteiger partial charge in [-0.05, 0) is 6.07 Å². The SMILES string of the molecule is O=C(c1ccnc(Cl)c1[N+](=O)[O-])N1CC(CO)C1. The Morgan fingerprint density at radius 3 is 2.89 bits per heavy atom. The Bertz CT molecular complexity index is 502. The van der Waals surface area contributed by atoms with Crippen molar-refractivity contribution >= 4 is 23.2 Å². The zero-order chi connectivity index (χ0) is 13.3. The molecule has 0 bridgehead atoms. The van der Waals surface area contributed by atoms with Crippen molar-refractivity contribution in [3.63, 3.8) is 0 Å². The third-order valence-electron chi connectivity index (χ3n) is 2.80. The minimum Gasteiger partial charge on any atom is -0.396 e. The normalized spacial score (nSPS) is 15.3. The molecule has 1 aliphatic heterocycles. The molecule has 1 aromatic rings. The van der Waals surface area contributed by atoms with Crippen molar-refractivity contribution in [1.82, 2.24) is 9.88 Å². The van der Waals surface area contributed by atoms with Crippen LogP contribution in [0.4, 0.5) is 5.69 Å². The fraction of sp³-hybridized carbons (Fsp3) is 0.400. The van der Waals surface area contributed by atoms with E-state index in [1.165, 1.54) is 17.2 Å². The van der Waals surface area contributed by atoms with Crippen LogP contribution in [0.1, 0.15) is 10.4 Å². The molecule has 2 rings (SSSR count). The van der Waals surface area contributed by atoms with Crippen molar-refractivity contribution in [2.45, 2.75) is 0 Å². The summed E-state index contributed by atoms with van der Waals surface area (Å²) in [7, 11) is 0. The molecule has 1 N–H and O–H groups in total. The fourth-order valence-corrected chi connectivity index (χ4v) is 2.02. The molecule has 0 spiro atoms. The number of nitro groups is 1. The lowest BCUT2D eigenvalue weighted by Gasteiger charge is -2.38. The molecule has 7 nitrogen and oxygen atoms in total. The molecule has 8 heteroatoms. The number of hydrogen-bond donors (Lipinski definition) is 1. The van der Waals surface area contributed by atoms with Crippen molar-refractivity contribution in [3.8, 4) is 0 Å². The molecule has 18 heavy (non-hydrogen) atoms. The average molecular weight is 272 g/mol. The van der Waals surface area contributed by atoms with Crippen molar-refractivity contribution in [3.05, 3.63) is 33.1 Å². The molecule has 1 aromatic heterocycles. The molecule has 2 heterocycles. The van der Waals surface area contributed by atoms with E-state index in [1.54, 1.807) is 0 Å². The Hall–Kier alpha value is -1.73. The van der Waals surface area contributed by atoms with Crippen molar-refractivity contribution in [2.75, 3.05) is 19.7 Å². The van der Waals surface area contributed by atoms with Gasteiger partial charge in [0.15, 0.2) is 0 Å². The molecule has 0 radical (unpaired) electrons. The largest absolute Gasteiger partial charge is 0.396 e. The highest BCUT2D eigenvalue weighted by Crippen LogP contribution is 2.28. The quantitative estimate of drug-likeness (QED) is 0.496. The first-order valence-corrected chi connectivity index (χ1v) is 5.61. The maximum atomic E-state index is 12.0. The Labute approximate surface area is 107 Å². The molecule has 0 saturated carbocycles. The van der Waals surface area contributed by atoms with E-state index in [4.69, 9.17) is 16.7 Å². The molecular weight excluding hydrogens is 262 g/mol. The smallest absolute Gasteiger partial charge is 0.319 e. The summed E-state index contributed by atoms with van der Waals surface area (Å²) in [5.74, 6) is -0.416. The third kappa shape index (κ3) is 2.14. The van der Waals surface area contributed by atoms with Crippen LogP contribution >= 0.6 is 11.6 Å². The Morgan fingerprint density at radius 2 is 2.33 bits per heavy atom. The van der Waals surface area contributed by atoms with Gasteiger partial charge < -0.3 is 10.0 Å². The van der Waals surface area contributed by atoms with E-state index in [-0.39, 0.29) is 23.2 Å². The number of likely N-dealkylation sites (tertiary alicyclic amines) is 1. The van der Waals surface area contributed by atoms with E-state index in [9.17, 15) is 14.9 Å². The van der Waals surface area contributed by atoms with Gasteiger partial charge in [0, 0.05) is 31.8 Å². The predicted octanol–water partition coefficient (Wildman–Crippen LogP) is 0.708. The van der Waals surface area contributed by atoms with Crippen molar-refractivity contribution in [1.29, 1.82) is 0 Å². The Balaban J connectivity index is 2.26. The zero-order valence-corrected chi connectivity index (χ0v) is 10.0. The van der Waals surface area contributed by atoms with Crippen LogP contribution in [0, 0.1) is 16.0 Å². The van der Waals surface area contributed by atoms with Crippen LogP contribution in [0.25, 0.3) is 0 Å². The van der Waals surface area contributed by atoms with Crippen LogP contribution in [0.15, 0.2) is 12.3 Å². The number of aromatic nitrogens is 1. The predicted molar refractivity (Wildman–Crippen MR) is 62.4 cm³/mol. The van der Waals surface area contributed by atoms with Crippen LogP contribution in [-0.2, 0) is 0 Å². The van der Waals surface area contributed by atoms with Gasteiger partial charge in [-0.1, -0.05) is 11.6 Å². The summed E-state index contributed by atoms with van der Waals surface area (Å²) in [6.45, 7) is 0.793. The number of carbonyl (C=O) groups excluding carboxylic acids is 1. The number of aliphatic hydroxyl groups excluding tert-OH is 1. The van der Waals surface area contributed by atoms with Crippen molar-refractivity contribution in [2.24, 2.45) is 5.92 Å². The van der Waals surface area contributed by atoms with Gasteiger partial charge in [-0.2, -0.15) is 0 Å². The van der Waals surface area contributed by atoms with Gasteiger partial charge in [0.05, 0.1) is 4.92 Å². The van der Waals surface area contributed by atoms with Gasteiger partial charge in [0.25, 0.3) is 5.91 Å². The first-order valence-electron chi connectivity index (χ1n) is 5.23. The molecule has 1 saturated heterocycles. The molecule has 0 aromatic carbocycles. The second-order valence-electron chi connectivity index (χ2n) is 4.01. The number of nitrogens with zero attached hydrogens (tertiary/aromatic N) is 3. The van der Waals surface area contributed by atoms with Crippen LogP contribution in [-0.4, -0.2) is 45.5 Å². The highest BCUT2D eigenvalue weighted by Gasteiger charge is 2.34. The van der Waals surface area contributed by atoms with Crippen LogP contribution in [0.2, 0.25) is 5.15 Å². The number of pyridine rings is 1. The Morgan fingerprint density at radius 1 is 1.67 bits per heavy atom. The van der Waals surface area contributed by atoms with Gasteiger partial charge in [0.2, 0.25) is 5.15 Å². The Kier molecular flexibility index (Phi) is 3.44. The topological polar surface area (TPSA) is 96.6 Å². The summed E-state index contributed by atoms with van der Waals surface area (Å²) >= 11 is 5.63. The minimum atomic E-state index is -0.716. The van der Waals surface area contributed by atoms with Gasteiger partial charge >= 0.3 is 5.69 Å².